The SMILES string of the molecule is CCN(C)C(=O)CNCCC(C)S(C)=O. The van der Waals surface area contributed by atoms with Crippen molar-refractivity contribution in [2.45, 2.75) is 25.5 Å². The number of hydrogen-bond donors (Lipinski definition) is 1. The van der Waals surface area contributed by atoms with Gasteiger partial charge in [0.1, 0.15) is 0 Å². The van der Waals surface area contributed by atoms with E-state index in [0.29, 0.717) is 6.54 Å². The van der Waals surface area contributed by atoms with E-state index in [4.69, 9.17) is 0 Å². The zero-order chi connectivity index (χ0) is 11.8. The van der Waals surface area contributed by atoms with Crippen molar-refractivity contribution in [3.63, 3.8) is 0 Å². The van der Waals surface area contributed by atoms with E-state index in [1.54, 1.807) is 18.2 Å². The normalized spacial score (nSPS) is 14.7. The van der Waals surface area contributed by atoms with Gasteiger partial charge in [-0.3, -0.25) is 9.00 Å². The molecular formula is C10H22N2O2S. The quantitative estimate of drug-likeness (QED) is 0.641. The number of hydrogen-bond acceptors (Lipinski definition) is 3. The maximum atomic E-state index is 11.4. The third-order valence-corrected chi connectivity index (χ3v) is 3.84. The van der Waals surface area contributed by atoms with E-state index in [1.165, 1.54) is 0 Å². The molecule has 2 atom stereocenters. The standard InChI is InChI=1S/C10H22N2O2S/c1-5-12(3)10(13)8-11-7-6-9(2)15(4)14/h9,11H,5-8H2,1-4H3. The van der Waals surface area contributed by atoms with E-state index in [9.17, 15) is 9.00 Å². The van der Waals surface area contributed by atoms with E-state index in [-0.39, 0.29) is 11.2 Å². The summed E-state index contributed by atoms with van der Waals surface area (Å²) in [6.07, 6.45) is 2.55. The van der Waals surface area contributed by atoms with Gasteiger partial charge in [0.05, 0.1) is 6.54 Å². The van der Waals surface area contributed by atoms with Crippen LogP contribution >= 0.6 is 0 Å². The highest BCUT2D eigenvalue weighted by Gasteiger charge is 2.07. The number of amides is 1. The number of nitrogens with zero attached hydrogens (tertiary/aromatic N) is 1. The van der Waals surface area contributed by atoms with Crippen LogP contribution in [0.5, 0.6) is 0 Å². The molecule has 0 aromatic heterocycles. The van der Waals surface area contributed by atoms with Gasteiger partial charge in [0.25, 0.3) is 0 Å². The molecule has 0 aromatic rings. The Morgan fingerprint density at radius 1 is 1.53 bits per heavy atom. The van der Waals surface area contributed by atoms with Gasteiger partial charge < -0.3 is 10.2 Å². The number of likely N-dealkylation sites (N-methyl/N-ethyl adjacent to an activating group) is 1. The second kappa shape index (κ2) is 7.82. The van der Waals surface area contributed by atoms with Crippen LogP contribution < -0.4 is 5.32 Å². The van der Waals surface area contributed by atoms with Crippen LogP contribution in [0, 0.1) is 0 Å². The van der Waals surface area contributed by atoms with Crippen LogP contribution in [0.15, 0.2) is 0 Å². The van der Waals surface area contributed by atoms with Crippen molar-refractivity contribution in [2.75, 3.05) is 32.9 Å². The molecule has 5 heteroatoms. The van der Waals surface area contributed by atoms with E-state index in [2.05, 4.69) is 5.32 Å². The summed E-state index contributed by atoms with van der Waals surface area (Å²) < 4.78 is 11.0. The highest BCUT2D eigenvalue weighted by atomic mass is 32.2. The van der Waals surface area contributed by atoms with Crippen LogP contribution in [0.4, 0.5) is 0 Å². The summed E-state index contributed by atoms with van der Waals surface area (Å²) in [6, 6.07) is 0. The Labute approximate surface area is 94.9 Å². The smallest absolute Gasteiger partial charge is 0.236 e. The molecule has 0 saturated carbocycles. The monoisotopic (exact) mass is 234 g/mol. The average Bonchev–Trinajstić information content (AvgIpc) is 2.22. The van der Waals surface area contributed by atoms with Crippen molar-refractivity contribution in [3.05, 3.63) is 0 Å². The zero-order valence-corrected chi connectivity index (χ0v) is 10.9. The van der Waals surface area contributed by atoms with E-state index < -0.39 is 10.8 Å². The lowest BCUT2D eigenvalue weighted by atomic mass is 10.3. The summed E-state index contributed by atoms with van der Waals surface area (Å²) in [6.45, 7) is 5.74. The van der Waals surface area contributed by atoms with Gasteiger partial charge in [0, 0.05) is 35.9 Å². The number of rotatable bonds is 7. The minimum Gasteiger partial charge on any atom is -0.345 e. The van der Waals surface area contributed by atoms with Crippen molar-refractivity contribution in [2.24, 2.45) is 0 Å². The van der Waals surface area contributed by atoms with Crippen LogP contribution in [-0.4, -0.2) is 53.2 Å². The highest BCUT2D eigenvalue weighted by Crippen LogP contribution is 1.96. The molecule has 0 aliphatic heterocycles. The Balaban J connectivity index is 3.54. The Morgan fingerprint density at radius 3 is 2.60 bits per heavy atom. The Hall–Kier alpha value is -0.420. The second-order valence-corrected chi connectivity index (χ2v) is 5.48. The van der Waals surface area contributed by atoms with Crippen LogP contribution in [0.25, 0.3) is 0 Å². The molecule has 0 spiro atoms. The lowest BCUT2D eigenvalue weighted by Crippen LogP contribution is -2.36. The molecule has 15 heavy (non-hydrogen) atoms. The highest BCUT2D eigenvalue weighted by molar-refractivity contribution is 7.84. The molecule has 90 valence electrons. The van der Waals surface area contributed by atoms with E-state index in [1.807, 2.05) is 13.8 Å². The third-order valence-electron chi connectivity index (χ3n) is 2.47. The summed E-state index contributed by atoms with van der Waals surface area (Å²) in [5, 5.41) is 3.25. The zero-order valence-electron chi connectivity index (χ0n) is 10.1. The van der Waals surface area contributed by atoms with Crippen LogP contribution in [-0.2, 0) is 15.6 Å². The van der Waals surface area contributed by atoms with E-state index >= 15 is 0 Å². The Kier molecular flexibility index (Phi) is 7.60. The first-order chi connectivity index (χ1) is 6.99. The van der Waals surface area contributed by atoms with Gasteiger partial charge in [-0.1, -0.05) is 6.92 Å². The van der Waals surface area contributed by atoms with Crippen molar-refractivity contribution in [1.29, 1.82) is 0 Å². The fraction of sp³-hybridized carbons (Fsp3) is 0.900. The first-order valence-electron chi connectivity index (χ1n) is 5.26. The first-order valence-corrected chi connectivity index (χ1v) is 6.88. The van der Waals surface area contributed by atoms with Gasteiger partial charge in [-0.05, 0) is 19.9 Å². The maximum absolute atomic E-state index is 11.4. The van der Waals surface area contributed by atoms with Gasteiger partial charge >= 0.3 is 0 Å². The molecule has 0 bridgehead atoms. The lowest BCUT2D eigenvalue weighted by Gasteiger charge is -2.15. The minimum absolute atomic E-state index is 0.0998. The van der Waals surface area contributed by atoms with Gasteiger partial charge in [0.15, 0.2) is 0 Å². The largest absolute Gasteiger partial charge is 0.345 e. The summed E-state index contributed by atoms with van der Waals surface area (Å²) in [5.74, 6) is 0.0998. The van der Waals surface area contributed by atoms with Gasteiger partial charge in [-0.2, -0.15) is 0 Å². The predicted octanol–water partition coefficient (Wildman–Crippen LogP) is 0.211. The fourth-order valence-electron chi connectivity index (χ4n) is 0.978. The van der Waals surface area contributed by atoms with Crippen LogP contribution in [0.1, 0.15) is 20.3 Å². The Bertz CT molecular complexity index is 221. The lowest BCUT2D eigenvalue weighted by molar-refractivity contribution is -0.128. The van der Waals surface area contributed by atoms with Gasteiger partial charge in [0.2, 0.25) is 5.91 Å². The number of carbonyl (C=O) groups is 1. The number of carbonyl (C=O) groups excluding carboxylic acids is 1. The Morgan fingerprint density at radius 2 is 2.13 bits per heavy atom. The molecular weight excluding hydrogens is 212 g/mol. The number of nitrogens with one attached hydrogen (secondary N) is 1. The topological polar surface area (TPSA) is 49.4 Å². The average molecular weight is 234 g/mol. The van der Waals surface area contributed by atoms with Gasteiger partial charge in [-0.25, -0.2) is 0 Å². The molecule has 0 aromatic carbocycles. The fourth-order valence-corrected chi connectivity index (χ4v) is 1.43. The van der Waals surface area contributed by atoms with Crippen molar-refractivity contribution in [1.82, 2.24) is 10.2 Å². The summed E-state index contributed by atoms with van der Waals surface area (Å²) >= 11 is 0. The van der Waals surface area contributed by atoms with Crippen molar-refractivity contribution < 1.29 is 9.00 Å². The molecule has 2 unspecified atom stereocenters. The molecule has 0 saturated heterocycles. The molecule has 0 rings (SSSR count). The van der Waals surface area contributed by atoms with Crippen molar-refractivity contribution in [3.8, 4) is 0 Å². The summed E-state index contributed by atoms with van der Waals surface area (Å²) in [7, 11) is 1.02. The van der Waals surface area contributed by atoms with Crippen LogP contribution in [0.2, 0.25) is 0 Å². The summed E-state index contributed by atoms with van der Waals surface area (Å²) in [4.78, 5) is 13.0. The maximum Gasteiger partial charge on any atom is 0.236 e. The molecule has 1 amide bonds. The molecule has 0 aliphatic carbocycles. The summed E-state index contributed by atoms with van der Waals surface area (Å²) in [5.41, 5.74) is 0. The first kappa shape index (κ1) is 14.6. The molecule has 4 nitrogen and oxygen atoms in total. The minimum atomic E-state index is -0.770. The van der Waals surface area contributed by atoms with Crippen molar-refractivity contribution >= 4 is 16.7 Å². The predicted molar refractivity (Wildman–Crippen MR) is 64.3 cm³/mol. The second-order valence-electron chi connectivity index (χ2n) is 3.68. The van der Waals surface area contributed by atoms with Crippen LogP contribution in [0.3, 0.4) is 0 Å². The molecule has 0 heterocycles. The molecule has 1 N–H and O–H groups in total. The van der Waals surface area contributed by atoms with Gasteiger partial charge in [-0.15, -0.1) is 0 Å². The third kappa shape index (κ3) is 6.62. The molecule has 0 aliphatic rings. The molecule has 0 radical (unpaired) electrons. The molecule has 0 fully saturated rings. The van der Waals surface area contributed by atoms with E-state index in [0.717, 1.165) is 19.5 Å².